The predicted octanol–water partition coefficient (Wildman–Crippen LogP) is 4.10. The Labute approximate surface area is 100 Å². The van der Waals surface area contributed by atoms with Gasteiger partial charge in [-0.05, 0) is 26.2 Å². The summed E-state index contributed by atoms with van der Waals surface area (Å²) in [5, 5.41) is 0. The fourth-order valence-corrected chi connectivity index (χ4v) is 1.78. The maximum Gasteiger partial charge on any atom is 0.333 e. The van der Waals surface area contributed by atoms with Gasteiger partial charge in [0.1, 0.15) is 0 Å². The first-order chi connectivity index (χ1) is 7.51. The maximum absolute atomic E-state index is 11.3. The van der Waals surface area contributed by atoms with Crippen molar-refractivity contribution in [1.29, 1.82) is 0 Å². The topological polar surface area (TPSA) is 26.3 Å². The molecule has 2 nitrogen and oxygen atoms in total. The van der Waals surface area contributed by atoms with Crippen LogP contribution in [0.5, 0.6) is 0 Å². The van der Waals surface area contributed by atoms with E-state index in [1.54, 1.807) is 6.92 Å². The normalized spacial score (nSPS) is 14.2. The van der Waals surface area contributed by atoms with Crippen LogP contribution in [0.25, 0.3) is 0 Å². The van der Waals surface area contributed by atoms with E-state index in [0.717, 1.165) is 12.8 Å². The standard InChI is InChI=1S/C14H26O2/c1-6-8-9-13(7-2)10-12(5)16-14(15)11(3)4/h12-13H,3,6-10H2,1-2,4-5H3. The van der Waals surface area contributed by atoms with Crippen LogP contribution < -0.4 is 0 Å². The van der Waals surface area contributed by atoms with Crippen LogP contribution in [-0.2, 0) is 9.53 Å². The zero-order valence-electron chi connectivity index (χ0n) is 11.2. The van der Waals surface area contributed by atoms with E-state index in [1.165, 1.54) is 19.3 Å². The molecule has 0 aromatic carbocycles. The van der Waals surface area contributed by atoms with Crippen LogP contribution >= 0.6 is 0 Å². The molecule has 0 radical (unpaired) electrons. The summed E-state index contributed by atoms with van der Waals surface area (Å²) in [4.78, 5) is 11.3. The largest absolute Gasteiger partial charge is 0.459 e. The summed E-state index contributed by atoms with van der Waals surface area (Å²) in [5.41, 5.74) is 0.480. The first kappa shape index (κ1) is 15.2. The Hall–Kier alpha value is -0.790. The smallest absolute Gasteiger partial charge is 0.333 e. The summed E-state index contributed by atoms with van der Waals surface area (Å²) >= 11 is 0. The van der Waals surface area contributed by atoms with Crippen LogP contribution in [-0.4, -0.2) is 12.1 Å². The van der Waals surface area contributed by atoms with Crippen LogP contribution in [0.3, 0.4) is 0 Å². The van der Waals surface area contributed by atoms with Crippen LogP contribution in [0.1, 0.15) is 59.8 Å². The molecule has 0 aromatic heterocycles. The van der Waals surface area contributed by atoms with Crippen LogP contribution in [0, 0.1) is 5.92 Å². The van der Waals surface area contributed by atoms with Crippen LogP contribution in [0.15, 0.2) is 12.2 Å². The number of unbranched alkanes of at least 4 members (excludes halogenated alkanes) is 1. The molecule has 2 heteroatoms. The third-order valence-electron chi connectivity index (χ3n) is 2.87. The molecule has 0 rings (SSSR count). The van der Waals surface area contributed by atoms with Crippen LogP contribution in [0.4, 0.5) is 0 Å². The molecule has 16 heavy (non-hydrogen) atoms. The highest BCUT2D eigenvalue weighted by atomic mass is 16.5. The molecular weight excluding hydrogens is 200 g/mol. The average molecular weight is 226 g/mol. The number of rotatable bonds is 8. The van der Waals surface area contributed by atoms with Crippen molar-refractivity contribution >= 4 is 5.97 Å². The van der Waals surface area contributed by atoms with Crippen molar-refractivity contribution in [3.63, 3.8) is 0 Å². The quantitative estimate of drug-likeness (QED) is 0.460. The van der Waals surface area contributed by atoms with Crippen molar-refractivity contribution in [2.24, 2.45) is 5.92 Å². The van der Waals surface area contributed by atoms with Gasteiger partial charge >= 0.3 is 5.97 Å². The minimum atomic E-state index is -0.266. The Morgan fingerprint density at radius 3 is 2.44 bits per heavy atom. The van der Waals surface area contributed by atoms with Gasteiger partial charge in [-0.1, -0.05) is 46.1 Å². The highest BCUT2D eigenvalue weighted by molar-refractivity contribution is 5.87. The minimum absolute atomic E-state index is 0.00556. The summed E-state index contributed by atoms with van der Waals surface area (Å²) in [5.74, 6) is 0.408. The molecule has 2 unspecified atom stereocenters. The van der Waals surface area contributed by atoms with Gasteiger partial charge in [0, 0.05) is 5.57 Å². The molecule has 0 fully saturated rings. The van der Waals surface area contributed by atoms with Crippen molar-refractivity contribution in [2.75, 3.05) is 0 Å². The molecule has 0 spiro atoms. The number of hydrogen-bond donors (Lipinski definition) is 0. The Kier molecular flexibility index (Phi) is 7.96. The molecule has 0 saturated heterocycles. The molecule has 0 bridgehead atoms. The number of carbonyl (C=O) groups excluding carboxylic acids is 1. The first-order valence-corrected chi connectivity index (χ1v) is 6.37. The highest BCUT2D eigenvalue weighted by Crippen LogP contribution is 2.20. The van der Waals surface area contributed by atoms with Gasteiger partial charge in [0.05, 0.1) is 6.10 Å². The van der Waals surface area contributed by atoms with Gasteiger partial charge in [0.15, 0.2) is 0 Å². The number of hydrogen-bond acceptors (Lipinski definition) is 2. The number of ether oxygens (including phenoxy) is 1. The summed E-state index contributed by atoms with van der Waals surface area (Å²) in [6, 6.07) is 0. The second-order valence-corrected chi connectivity index (χ2v) is 4.65. The molecule has 0 aliphatic rings. The van der Waals surface area contributed by atoms with E-state index in [9.17, 15) is 4.79 Å². The van der Waals surface area contributed by atoms with Gasteiger partial charge in [-0.2, -0.15) is 0 Å². The zero-order chi connectivity index (χ0) is 12.6. The molecule has 94 valence electrons. The fraction of sp³-hybridized carbons (Fsp3) is 0.786. The minimum Gasteiger partial charge on any atom is -0.459 e. The average Bonchev–Trinajstić information content (AvgIpc) is 2.23. The second kappa shape index (κ2) is 8.37. The maximum atomic E-state index is 11.3. The predicted molar refractivity (Wildman–Crippen MR) is 68.3 cm³/mol. The van der Waals surface area contributed by atoms with Crippen molar-refractivity contribution < 1.29 is 9.53 Å². The van der Waals surface area contributed by atoms with E-state index in [-0.39, 0.29) is 12.1 Å². The van der Waals surface area contributed by atoms with E-state index in [1.807, 2.05) is 6.92 Å². The Morgan fingerprint density at radius 2 is 2.00 bits per heavy atom. The summed E-state index contributed by atoms with van der Waals surface area (Å²) in [6.45, 7) is 11.6. The van der Waals surface area contributed by atoms with Crippen molar-refractivity contribution in [3.8, 4) is 0 Å². The summed E-state index contributed by atoms with van der Waals surface area (Å²) < 4.78 is 5.29. The van der Waals surface area contributed by atoms with E-state index in [2.05, 4.69) is 20.4 Å². The molecular formula is C14H26O2. The Balaban J connectivity index is 3.95. The molecule has 0 saturated carbocycles. The first-order valence-electron chi connectivity index (χ1n) is 6.37. The third kappa shape index (κ3) is 6.65. The molecule has 0 N–H and O–H groups in total. The Morgan fingerprint density at radius 1 is 1.38 bits per heavy atom. The second-order valence-electron chi connectivity index (χ2n) is 4.65. The van der Waals surface area contributed by atoms with Gasteiger partial charge in [0.25, 0.3) is 0 Å². The van der Waals surface area contributed by atoms with Gasteiger partial charge in [-0.15, -0.1) is 0 Å². The monoisotopic (exact) mass is 226 g/mol. The van der Waals surface area contributed by atoms with Gasteiger partial charge in [-0.25, -0.2) is 4.79 Å². The van der Waals surface area contributed by atoms with Crippen molar-refractivity contribution in [3.05, 3.63) is 12.2 Å². The molecule has 2 atom stereocenters. The lowest BCUT2D eigenvalue weighted by atomic mass is 9.93. The zero-order valence-corrected chi connectivity index (χ0v) is 11.2. The lowest BCUT2D eigenvalue weighted by Crippen LogP contribution is -2.18. The molecule has 0 aliphatic carbocycles. The molecule has 0 amide bonds. The Bertz CT molecular complexity index is 221. The number of esters is 1. The van der Waals surface area contributed by atoms with Crippen molar-refractivity contribution in [1.82, 2.24) is 0 Å². The van der Waals surface area contributed by atoms with Gasteiger partial charge < -0.3 is 4.74 Å². The summed E-state index contributed by atoms with van der Waals surface area (Å²) in [6.07, 6.45) is 5.87. The lowest BCUT2D eigenvalue weighted by Gasteiger charge is -2.19. The van der Waals surface area contributed by atoms with Crippen molar-refractivity contribution in [2.45, 2.75) is 65.9 Å². The van der Waals surface area contributed by atoms with Gasteiger partial charge in [0.2, 0.25) is 0 Å². The highest BCUT2D eigenvalue weighted by Gasteiger charge is 2.15. The lowest BCUT2D eigenvalue weighted by molar-refractivity contribution is -0.144. The van der Waals surface area contributed by atoms with E-state index >= 15 is 0 Å². The SMILES string of the molecule is C=C(C)C(=O)OC(C)CC(CC)CCCC. The fourth-order valence-electron chi connectivity index (χ4n) is 1.78. The van der Waals surface area contributed by atoms with E-state index in [0.29, 0.717) is 11.5 Å². The summed E-state index contributed by atoms with van der Waals surface area (Å²) in [7, 11) is 0. The van der Waals surface area contributed by atoms with E-state index in [4.69, 9.17) is 4.74 Å². The molecule has 0 aliphatic heterocycles. The van der Waals surface area contributed by atoms with Gasteiger partial charge in [-0.3, -0.25) is 0 Å². The number of carbonyl (C=O) groups is 1. The van der Waals surface area contributed by atoms with Crippen LogP contribution in [0.2, 0.25) is 0 Å². The van der Waals surface area contributed by atoms with E-state index < -0.39 is 0 Å². The molecule has 0 heterocycles. The molecule has 0 aromatic rings. The third-order valence-corrected chi connectivity index (χ3v) is 2.87.